The van der Waals surface area contributed by atoms with Crippen LogP contribution in [-0.2, 0) is 21.4 Å². The maximum absolute atomic E-state index is 12.0. The molecular formula is C12H19ClN4O3S. The molecule has 7 nitrogen and oxygen atoms in total. The Kier molecular flexibility index (Phi) is 5.23. The summed E-state index contributed by atoms with van der Waals surface area (Å²) in [5.74, 6) is -0.148. The van der Waals surface area contributed by atoms with E-state index in [9.17, 15) is 13.2 Å². The van der Waals surface area contributed by atoms with Gasteiger partial charge in [-0.25, -0.2) is 12.7 Å². The number of piperidine rings is 1. The maximum atomic E-state index is 12.0. The van der Waals surface area contributed by atoms with Gasteiger partial charge in [-0.1, -0.05) is 11.6 Å². The first-order chi connectivity index (χ1) is 9.86. The van der Waals surface area contributed by atoms with Gasteiger partial charge in [0.15, 0.2) is 0 Å². The molecule has 2 heterocycles. The van der Waals surface area contributed by atoms with Gasteiger partial charge in [0.1, 0.15) is 0 Å². The number of sulfonamides is 1. The van der Waals surface area contributed by atoms with Crippen LogP contribution in [0.1, 0.15) is 12.8 Å². The summed E-state index contributed by atoms with van der Waals surface area (Å²) in [6.45, 7) is 1.85. The minimum absolute atomic E-state index is 0.0265. The van der Waals surface area contributed by atoms with Gasteiger partial charge in [-0.3, -0.25) is 9.48 Å². The summed E-state index contributed by atoms with van der Waals surface area (Å²) in [6, 6.07) is 0. The number of halogens is 1. The Morgan fingerprint density at radius 3 is 2.67 bits per heavy atom. The van der Waals surface area contributed by atoms with Gasteiger partial charge < -0.3 is 5.32 Å². The van der Waals surface area contributed by atoms with E-state index in [0.717, 1.165) is 0 Å². The first-order valence-electron chi connectivity index (χ1n) is 6.77. The summed E-state index contributed by atoms with van der Waals surface area (Å²) in [7, 11) is -3.15. The van der Waals surface area contributed by atoms with Gasteiger partial charge in [0.2, 0.25) is 15.9 Å². The molecule has 1 fully saturated rings. The summed E-state index contributed by atoms with van der Waals surface area (Å²) < 4.78 is 25.9. The van der Waals surface area contributed by atoms with Gasteiger partial charge >= 0.3 is 0 Å². The molecule has 0 unspecified atom stereocenters. The Morgan fingerprint density at radius 1 is 1.48 bits per heavy atom. The maximum Gasteiger partial charge on any atom is 0.223 e. The zero-order chi connectivity index (χ0) is 15.5. The first-order valence-corrected chi connectivity index (χ1v) is 8.99. The second-order valence-corrected chi connectivity index (χ2v) is 7.57. The van der Waals surface area contributed by atoms with E-state index in [1.807, 2.05) is 0 Å². The Morgan fingerprint density at radius 2 is 2.14 bits per heavy atom. The minimum Gasteiger partial charge on any atom is -0.354 e. The third-order valence-corrected chi connectivity index (χ3v) is 5.03. The van der Waals surface area contributed by atoms with Crippen molar-refractivity contribution in [3.63, 3.8) is 0 Å². The number of nitrogens with zero attached hydrogens (tertiary/aromatic N) is 3. The van der Waals surface area contributed by atoms with Gasteiger partial charge in [-0.05, 0) is 12.8 Å². The van der Waals surface area contributed by atoms with Crippen LogP contribution in [-0.4, -0.2) is 54.3 Å². The summed E-state index contributed by atoms with van der Waals surface area (Å²) in [5, 5.41) is 7.44. The van der Waals surface area contributed by atoms with Crippen molar-refractivity contribution >= 4 is 27.5 Å². The predicted molar refractivity (Wildman–Crippen MR) is 79.4 cm³/mol. The molecule has 1 aromatic heterocycles. The molecule has 0 aliphatic carbocycles. The molecule has 2 rings (SSSR count). The fraction of sp³-hybridized carbons (Fsp3) is 0.667. The highest BCUT2D eigenvalue weighted by atomic mass is 35.5. The number of rotatable bonds is 5. The van der Waals surface area contributed by atoms with E-state index < -0.39 is 10.0 Å². The van der Waals surface area contributed by atoms with Crippen molar-refractivity contribution < 1.29 is 13.2 Å². The molecule has 1 saturated heterocycles. The lowest BCUT2D eigenvalue weighted by Gasteiger charge is -2.29. The van der Waals surface area contributed by atoms with Gasteiger partial charge in [0.05, 0.1) is 24.0 Å². The lowest BCUT2D eigenvalue weighted by molar-refractivity contribution is -0.126. The molecule has 0 atom stereocenters. The van der Waals surface area contributed by atoms with Gasteiger partial charge in [0, 0.05) is 31.7 Å². The molecule has 1 amide bonds. The van der Waals surface area contributed by atoms with E-state index in [1.54, 1.807) is 17.1 Å². The molecule has 1 aliphatic rings. The van der Waals surface area contributed by atoms with Crippen molar-refractivity contribution in [2.75, 3.05) is 25.9 Å². The van der Waals surface area contributed by atoms with E-state index in [2.05, 4.69) is 10.4 Å². The molecular weight excluding hydrogens is 316 g/mol. The van der Waals surface area contributed by atoms with Crippen LogP contribution < -0.4 is 5.32 Å². The summed E-state index contributed by atoms with van der Waals surface area (Å²) in [4.78, 5) is 12.0. The summed E-state index contributed by atoms with van der Waals surface area (Å²) in [6.07, 6.45) is 5.56. The van der Waals surface area contributed by atoms with Crippen LogP contribution in [0.2, 0.25) is 5.02 Å². The van der Waals surface area contributed by atoms with Crippen LogP contribution in [0.25, 0.3) is 0 Å². The minimum atomic E-state index is -3.15. The van der Waals surface area contributed by atoms with Crippen molar-refractivity contribution in [1.82, 2.24) is 19.4 Å². The van der Waals surface area contributed by atoms with Gasteiger partial charge in [-0.2, -0.15) is 5.10 Å². The lowest BCUT2D eigenvalue weighted by Crippen LogP contribution is -2.43. The SMILES string of the molecule is CS(=O)(=O)N1CCC(C(=O)NCCn2cc(Cl)cn2)CC1. The largest absolute Gasteiger partial charge is 0.354 e. The van der Waals surface area contributed by atoms with E-state index in [-0.39, 0.29) is 11.8 Å². The van der Waals surface area contributed by atoms with Crippen LogP contribution in [0, 0.1) is 5.92 Å². The fourth-order valence-electron chi connectivity index (χ4n) is 2.35. The van der Waals surface area contributed by atoms with Crippen LogP contribution in [0.3, 0.4) is 0 Å². The second-order valence-electron chi connectivity index (χ2n) is 5.15. The summed E-state index contributed by atoms with van der Waals surface area (Å²) >= 11 is 5.75. The molecule has 21 heavy (non-hydrogen) atoms. The number of carbonyl (C=O) groups is 1. The molecule has 9 heteroatoms. The van der Waals surface area contributed by atoms with Crippen LogP contribution >= 0.6 is 11.6 Å². The highest BCUT2D eigenvalue weighted by molar-refractivity contribution is 7.88. The van der Waals surface area contributed by atoms with Crippen molar-refractivity contribution in [2.24, 2.45) is 5.92 Å². The Balaban J connectivity index is 1.72. The molecule has 0 spiro atoms. The van der Waals surface area contributed by atoms with Crippen LogP contribution in [0.4, 0.5) is 0 Å². The summed E-state index contributed by atoms with van der Waals surface area (Å²) in [5.41, 5.74) is 0. The smallest absolute Gasteiger partial charge is 0.223 e. The fourth-order valence-corrected chi connectivity index (χ4v) is 3.38. The normalized spacial score (nSPS) is 17.8. The molecule has 0 bridgehead atoms. The molecule has 118 valence electrons. The van der Waals surface area contributed by atoms with Gasteiger partial charge in [0.25, 0.3) is 0 Å². The van der Waals surface area contributed by atoms with E-state index in [0.29, 0.717) is 44.0 Å². The molecule has 0 radical (unpaired) electrons. The number of amides is 1. The van der Waals surface area contributed by atoms with Gasteiger partial charge in [-0.15, -0.1) is 0 Å². The molecule has 1 N–H and O–H groups in total. The Hall–Kier alpha value is -1.12. The lowest BCUT2D eigenvalue weighted by atomic mass is 9.97. The molecule has 0 aromatic carbocycles. The Bertz CT molecular complexity index is 593. The monoisotopic (exact) mass is 334 g/mol. The molecule has 1 aromatic rings. The molecule has 1 aliphatic heterocycles. The first kappa shape index (κ1) is 16.3. The highest BCUT2D eigenvalue weighted by Gasteiger charge is 2.28. The van der Waals surface area contributed by atoms with E-state index in [1.165, 1.54) is 10.6 Å². The van der Waals surface area contributed by atoms with Crippen molar-refractivity contribution in [3.8, 4) is 0 Å². The average Bonchev–Trinajstić information content (AvgIpc) is 2.83. The third-order valence-electron chi connectivity index (χ3n) is 3.54. The van der Waals surface area contributed by atoms with E-state index in [4.69, 9.17) is 11.6 Å². The highest BCUT2D eigenvalue weighted by Crippen LogP contribution is 2.19. The zero-order valence-electron chi connectivity index (χ0n) is 11.8. The average molecular weight is 335 g/mol. The second kappa shape index (κ2) is 6.76. The standard InChI is InChI=1S/C12H19ClN4O3S/c1-21(19,20)17-5-2-10(3-6-17)12(18)14-4-7-16-9-11(13)8-15-16/h8-10H,2-7H2,1H3,(H,14,18). The number of nitrogens with one attached hydrogen (secondary N) is 1. The quantitative estimate of drug-likeness (QED) is 0.840. The van der Waals surface area contributed by atoms with Crippen molar-refractivity contribution in [3.05, 3.63) is 17.4 Å². The number of hydrogen-bond donors (Lipinski definition) is 1. The number of aromatic nitrogens is 2. The molecule has 0 saturated carbocycles. The van der Waals surface area contributed by atoms with Crippen LogP contribution in [0.5, 0.6) is 0 Å². The zero-order valence-corrected chi connectivity index (χ0v) is 13.4. The third kappa shape index (κ3) is 4.69. The van der Waals surface area contributed by atoms with Crippen molar-refractivity contribution in [1.29, 1.82) is 0 Å². The van der Waals surface area contributed by atoms with Crippen LogP contribution in [0.15, 0.2) is 12.4 Å². The van der Waals surface area contributed by atoms with E-state index >= 15 is 0 Å². The van der Waals surface area contributed by atoms with Crippen molar-refractivity contribution in [2.45, 2.75) is 19.4 Å². The number of hydrogen-bond acceptors (Lipinski definition) is 4. The topological polar surface area (TPSA) is 84.3 Å². The number of carbonyl (C=O) groups excluding carboxylic acids is 1. The predicted octanol–water partition coefficient (Wildman–Crippen LogP) is 0.324. The Labute approximate surface area is 129 Å².